The van der Waals surface area contributed by atoms with Crippen LogP contribution in [0.5, 0.6) is 0 Å². The summed E-state index contributed by atoms with van der Waals surface area (Å²) in [6.07, 6.45) is 0. The van der Waals surface area contributed by atoms with Gasteiger partial charge in [-0.25, -0.2) is 0 Å². The Morgan fingerprint density at radius 1 is 1.11 bits per heavy atom. The standard InChI is InChI=1S/C14H16O5/c1-10(13(16)9-18-11(2)15)14(17)19-8-12-6-4-3-5-7-12/h3-7,10H,8-9H2,1-2H3. The van der Waals surface area contributed by atoms with E-state index in [1.165, 1.54) is 13.8 Å². The summed E-state index contributed by atoms with van der Waals surface area (Å²) in [5.74, 6) is -2.60. The highest BCUT2D eigenvalue weighted by atomic mass is 16.5. The highest BCUT2D eigenvalue weighted by molar-refractivity contribution is 5.99. The van der Waals surface area contributed by atoms with E-state index in [2.05, 4.69) is 4.74 Å². The Bertz CT molecular complexity index is 452. The number of hydrogen-bond donors (Lipinski definition) is 0. The largest absolute Gasteiger partial charge is 0.460 e. The number of ketones is 1. The van der Waals surface area contributed by atoms with Crippen molar-refractivity contribution < 1.29 is 23.9 Å². The molecule has 0 radical (unpaired) electrons. The van der Waals surface area contributed by atoms with Gasteiger partial charge < -0.3 is 9.47 Å². The number of carbonyl (C=O) groups excluding carboxylic acids is 3. The Morgan fingerprint density at radius 2 is 1.74 bits per heavy atom. The first-order valence-electron chi connectivity index (χ1n) is 5.87. The third-order valence-electron chi connectivity index (χ3n) is 2.48. The van der Waals surface area contributed by atoms with Gasteiger partial charge in [-0.3, -0.25) is 14.4 Å². The quantitative estimate of drug-likeness (QED) is 0.575. The minimum absolute atomic E-state index is 0.116. The number of Topliss-reactive ketones (excluding diaryl/α,β-unsaturated/α-hetero) is 1. The second kappa shape index (κ2) is 7.31. The number of benzene rings is 1. The zero-order valence-electron chi connectivity index (χ0n) is 10.9. The van der Waals surface area contributed by atoms with Gasteiger partial charge in [-0.2, -0.15) is 0 Å². The molecule has 0 spiro atoms. The first kappa shape index (κ1) is 14.9. The van der Waals surface area contributed by atoms with Gasteiger partial charge >= 0.3 is 11.9 Å². The third kappa shape index (κ3) is 5.33. The fourth-order valence-corrected chi connectivity index (χ4v) is 1.28. The lowest BCUT2D eigenvalue weighted by Gasteiger charge is -2.10. The van der Waals surface area contributed by atoms with Gasteiger partial charge in [0.05, 0.1) is 0 Å². The topological polar surface area (TPSA) is 69.7 Å². The van der Waals surface area contributed by atoms with Crippen LogP contribution in [0.3, 0.4) is 0 Å². The molecule has 1 rings (SSSR count). The number of ether oxygens (including phenoxy) is 2. The van der Waals surface area contributed by atoms with Gasteiger partial charge in [0, 0.05) is 6.92 Å². The molecule has 1 unspecified atom stereocenters. The molecule has 5 heteroatoms. The molecule has 0 heterocycles. The SMILES string of the molecule is CC(=O)OCC(=O)C(C)C(=O)OCc1ccccc1. The Hall–Kier alpha value is -2.17. The van der Waals surface area contributed by atoms with Gasteiger partial charge in [0.15, 0.2) is 12.4 Å². The van der Waals surface area contributed by atoms with E-state index >= 15 is 0 Å². The molecular formula is C14H16O5. The summed E-state index contributed by atoms with van der Waals surface area (Å²) in [5, 5.41) is 0. The average Bonchev–Trinajstić information content (AvgIpc) is 2.42. The lowest BCUT2D eigenvalue weighted by molar-refractivity contribution is -0.156. The van der Waals surface area contributed by atoms with Crippen molar-refractivity contribution in [2.45, 2.75) is 20.5 Å². The third-order valence-corrected chi connectivity index (χ3v) is 2.48. The van der Waals surface area contributed by atoms with Crippen LogP contribution in [0.1, 0.15) is 19.4 Å². The maximum atomic E-state index is 11.6. The molecule has 0 aliphatic heterocycles. The highest BCUT2D eigenvalue weighted by Gasteiger charge is 2.23. The lowest BCUT2D eigenvalue weighted by Crippen LogP contribution is -2.27. The molecule has 1 atom stereocenters. The normalized spacial score (nSPS) is 11.5. The molecule has 0 aliphatic carbocycles. The van der Waals surface area contributed by atoms with Gasteiger partial charge in [0.25, 0.3) is 0 Å². The second-order valence-electron chi connectivity index (χ2n) is 4.06. The van der Waals surface area contributed by atoms with Crippen molar-refractivity contribution in [1.82, 2.24) is 0 Å². The smallest absolute Gasteiger partial charge is 0.316 e. The molecule has 0 N–H and O–H groups in total. The summed E-state index contributed by atoms with van der Waals surface area (Å²) in [7, 11) is 0. The summed E-state index contributed by atoms with van der Waals surface area (Å²) in [5.41, 5.74) is 0.843. The number of rotatable bonds is 6. The van der Waals surface area contributed by atoms with Gasteiger partial charge in [-0.1, -0.05) is 30.3 Å². The predicted octanol–water partition coefficient (Wildman–Crippen LogP) is 1.50. The summed E-state index contributed by atoms with van der Waals surface area (Å²) in [6, 6.07) is 9.16. The van der Waals surface area contributed by atoms with E-state index in [9.17, 15) is 14.4 Å². The molecule has 0 saturated heterocycles. The van der Waals surface area contributed by atoms with E-state index in [0.717, 1.165) is 5.56 Å². The zero-order valence-corrected chi connectivity index (χ0v) is 10.9. The molecule has 102 valence electrons. The van der Waals surface area contributed by atoms with Crippen molar-refractivity contribution in [3.8, 4) is 0 Å². The van der Waals surface area contributed by atoms with Crippen LogP contribution in [-0.2, 0) is 30.5 Å². The van der Waals surface area contributed by atoms with E-state index < -0.39 is 30.2 Å². The molecule has 19 heavy (non-hydrogen) atoms. The molecule has 0 aromatic heterocycles. The Morgan fingerprint density at radius 3 is 2.32 bits per heavy atom. The van der Waals surface area contributed by atoms with E-state index in [-0.39, 0.29) is 6.61 Å². The number of esters is 2. The Labute approximate surface area is 111 Å². The summed E-state index contributed by atoms with van der Waals surface area (Å²) in [6.45, 7) is 2.34. The number of carbonyl (C=O) groups is 3. The molecular weight excluding hydrogens is 248 g/mol. The molecule has 0 saturated carbocycles. The van der Waals surface area contributed by atoms with Crippen LogP contribution in [0, 0.1) is 5.92 Å². The highest BCUT2D eigenvalue weighted by Crippen LogP contribution is 2.06. The van der Waals surface area contributed by atoms with Crippen molar-refractivity contribution in [3.05, 3.63) is 35.9 Å². The van der Waals surface area contributed by atoms with E-state index in [0.29, 0.717) is 0 Å². The predicted molar refractivity (Wildman–Crippen MR) is 67.0 cm³/mol. The fraction of sp³-hybridized carbons (Fsp3) is 0.357. The van der Waals surface area contributed by atoms with Crippen molar-refractivity contribution >= 4 is 17.7 Å². The first-order valence-corrected chi connectivity index (χ1v) is 5.87. The van der Waals surface area contributed by atoms with Crippen molar-refractivity contribution in [2.24, 2.45) is 5.92 Å². The van der Waals surface area contributed by atoms with Crippen LogP contribution in [0.4, 0.5) is 0 Å². The van der Waals surface area contributed by atoms with Crippen molar-refractivity contribution in [3.63, 3.8) is 0 Å². The minimum Gasteiger partial charge on any atom is -0.460 e. The van der Waals surface area contributed by atoms with Crippen molar-refractivity contribution in [2.75, 3.05) is 6.61 Å². The summed E-state index contributed by atoms with van der Waals surface area (Å²) >= 11 is 0. The lowest BCUT2D eigenvalue weighted by atomic mass is 10.1. The van der Waals surface area contributed by atoms with Crippen LogP contribution >= 0.6 is 0 Å². The molecule has 0 aliphatic rings. The van der Waals surface area contributed by atoms with Gasteiger partial charge in [-0.05, 0) is 12.5 Å². The number of hydrogen-bond acceptors (Lipinski definition) is 5. The summed E-state index contributed by atoms with van der Waals surface area (Å²) < 4.78 is 9.56. The molecule has 0 fully saturated rings. The van der Waals surface area contributed by atoms with Crippen LogP contribution in [0.25, 0.3) is 0 Å². The maximum Gasteiger partial charge on any atom is 0.316 e. The van der Waals surface area contributed by atoms with Gasteiger partial charge in [0.1, 0.15) is 12.5 Å². The maximum absolute atomic E-state index is 11.6. The van der Waals surface area contributed by atoms with E-state index in [4.69, 9.17) is 4.74 Å². The Kier molecular flexibility index (Phi) is 5.73. The molecule has 5 nitrogen and oxygen atoms in total. The van der Waals surface area contributed by atoms with E-state index in [1.807, 2.05) is 30.3 Å². The minimum atomic E-state index is -0.942. The monoisotopic (exact) mass is 264 g/mol. The van der Waals surface area contributed by atoms with E-state index in [1.54, 1.807) is 0 Å². The van der Waals surface area contributed by atoms with Crippen LogP contribution < -0.4 is 0 Å². The molecule has 1 aromatic carbocycles. The van der Waals surface area contributed by atoms with Crippen LogP contribution in [0.15, 0.2) is 30.3 Å². The van der Waals surface area contributed by atoms with Crippen LogP contribution in [-0.4, -0.2) is 24.3 Å². The van der Waals surface area contributed by atoms with Crippen molar-refractivity contribution in [1.29, 1.82) is 0 Å². The molecule has 0 amide bonds. The fourth-order valence-electron chi connectivity index (χ4n) is 1.28. The second-order valence-corrected chi connectivity index (χ2v) is 4.06. The molecule has 0 bridgehead atoms. The van der Waals surface area contributed by atoms with Gasteiger partial charge in [-0.15, -0.1) is 0 Å². The summed E-state index contributed by atoms with van der Waals surface area (Å²) in [4.78, 5) is 33.7. The van der Waals surface area contributed by atoms with Crippen LogP contribution in [0.2, 0.25) is 0 Å². The van der Waals surface area contributed by atoms with Gasteiger partial charge in [0.2, 0.25) is 0 Å². The first-order chi connectivity index (χ1) is 9.00. The zero-order chi connectivity index (χ0) is 14.3. The molecule has 1 aromatic rings. The Balaban J connectivity index is 2.40. The average molecular weight is 264 g/mol.